The van der Waals surface area contributed by atoms with Crippen LogP contribution in [0.4, 0.5) is 0 Å². The Morgan fingerprint density at radius 3 is 1.82 bits per heavy atom. The lowest BCUT2D eigenvalue weighted by Gasteiger charge is -2.13. The van der Waals surface area contributed by atoms with Gasteiger partial charge in [-0.2, -0.15) is 0 Å². The molecule has 0 aliphatic carbocycles. The molecule has 0 saturated carbocycles. The van der Waals surface area contributed by atoms with Gasteiger partial charge in [-0.15, -0.1) is 0 Å². The summed E-state index contributed by atoms with van der Waals surface area (Å²) in [6, 6.07) is 0. The molecular formula is C13H28O4. The summed E-state index contributed by atoms with van der Waals surface area (Å²) in [6.45, 7) is 2.78. The Morgan fingerprint density at radius 2 is 1.53 bits per heavy atom. The predicted molar refractivity (Wildman–Crippen MR) is 69.8 cm³/mol. The van der Waals surface area contributed by atoms with Crippen LogP contribution in [-0.2, 0) is 9.59 Å². The fourth-order valence-corrected chi connectivity index (χ4v) is 1.48. The maximum absolute atomic E-state index is 11.4. The SMILES string of the molecule is C.C.CCC(CCC(=O)C(CO)CO)C(C)=O. The van der Waals surface area contributed by atoms with E-state index >= 15 is 0 Å². The number of hydrogen-bond donors (Lipinski definition) is 2. The maximum atomic E-state index is 11.4. The maximum Gasteiger partial charge on any atom is 0.140 e. The molecule has 0 bridgehead atoms. The lowest BCUT2D eigenvalue weighted by Crippen LogP contribution is -2.23. The van der Waals surface area contributed by atoms with Crippen LogP contribution in [0.25, 0.3) is 0 Å². The lowest BCUT2D eigenvalue weighted by molar-refractivity contribution is -0.126. The average Bonchev–Trinajstić information content (AvgIpc) is 2.20. The van der Waals surface area contributed by atoms with Crippen LogP contribution in [0.15, 0.2) is 0 Å². The largest absolute Gasteiger partial charge is 0.396 e. The lowest BCUT2D eigenvalue weighted by atomic mass is 9.92. The van der Waals surface area contributed by atoms with Crippen molar-refractivity contribution in [3.8, 4) is 0 Å². The van der Waals surface area contributed by atoms with Gasteiger partial charge in [-0.05, 0) is 19.8 Å². The van der Waals surface area contributed by atoms with Crippen LogP contribution >= 0.6 is 0 Å². The van der Waals surface area contributed by atoms with Crippen molar-refractivity contribution in [3.63, 3.8) is 0 Å². The Labute approximate surface area is 105 Å². The third kappa shape index (κ3) is 8.05. The molecule has 4 heteroatoms. The highest BCUT2D eigenvalue weighted by atomic mass is 16.3. The molecule has 0 amide bonds. The van der Waals surface area contributed by atoms with E-state index in [0.29, 0.717) is 6.42 Å². The zero-order chi connectivity index (χ0) is 11.8. The molecule has 0 fully saturated rings. The molecule has 0 aromatic carbocycles. The molecule has 1 atom stereocenters. The quantitative estimate of drug-likeness (QED) is 0.687. The minimum Gasteiger partial charge on any atom is -0.396 e. The van der Waals surface area contributed by atoms with E-state index in [9.17, 15) is 9.59 Å². The van der Waals surface area contributed by atoms with E-state index in [0.717, 1.165) is 6.42 Å². The smallest absolute Gasteiger partial charge is 0.140 e. The fourth-order valence-electron chi connectivity index (χ4n) is 1.48. The first-order chi connectivity index (χ1) is 7.06. The topological polar surface area (TPSA) is 74.6 Å². The number of carbonyl (C=O) groups excluding carboxylic acids is 2. The van der Waals surface area contributed by atoms with Crippen LogP contribution in [0.5, 0.6) is 0 Å². The zero-order valence-corrected chi connectivity index (χ0v) is 9.40. The Kier molecular flexibility index (Phi) is 14.9. The molecule has 0 rings (SSSR count). The molecule has 0 aliphatic rings. The number of carbonyl (C=O) groups is 2. The minimum absolute atomic E-state index is 0. The highest BCUT2D eigenvalue weighted by Gasteiger charge is 2.19. The van der Waals surface area contributed by atoms with Crippen molar-refractivity contribution >= 4 is 11.6 Å². The third-order valence-corrected chi connectivity index (χ3v) is 2.70. The second-order valence-corrected chi connectivity index (χ2v) is 3.78. The van der Waals surface area contributed by atoms with Crippen molar-refractivity contribution in [3.05, 3.63) is 0 Å². The summed E-state index contributed by atoms with van der Waals surface area (Å²) < 4.78 is 0. The van der Waals surface area contributed by atoms with Crippen molar-refractivity contribution in [2.45, 2.75) is 48.0 Å². The van der Waals surface area contributed by atoms with Crippen molar-refractivity contribution in [2.24, 2.45) is 11.8 Å². The number of aliphatic hydroxyl groups excluding tert-OH is 2. The van der Waals surface area contributed by atoms with Gasteiger partial charge in [0.25, 0.3) is 0 Å². The van der Waals surface area contributed by atoms with Crippen LogP contribution in [-0.4, -0.2) is 35.0 Å². The molecule has 0 aromatic rings. The molecule has 4 nitrogen and oxygen atoms in total. The summed E-state index contributed by atoms with van der Waals surface area (Å²) in [5, 5.41) is 17.6. The van der Waals surface area contributed by atoms with Gasteiger partial charge in [0.2, 0.25) is 0 Å². The molecule has 0 saturated heterocycles. The van der Waals surface area contributed by atoms with E-state index < -0.39 is 5.92 Å². The fraction of sp³-hybridized carbons (Fsp3) is 0.846. The summed E-state index contributed by atoms with van der Waals surface area (Å²) in [5.41, 5.74) is 0. The van der Waals surface area contributed by atoms with Crippen molar-refractivity contribution in [1.29, 1.82) is 0 Å². The van der Waals surface area contributed by atoms with Gasteiger partial charge in [0.1, 0.15) is 11.6 Å². The highest BCUT2D eigenvalue weighted by molar-refractivity contribution is 5.83. The van der Waals surface area contributed by atoms with E-state index in [2.05, 4.69) is 0 Å². The molecule has 0 radical (unpaired) electrons. The van der Waals surface area contributed by atoms with Gasteiger partial charge in [0.15, 0.2) is 0 Å². The van der Waals surface area contributed by atoms with Crippen LogP contribution in [0.3, 0.4) is 0 Å². The molecule has 0 aliphatic heterocycles. The normalized spacial score (nSPS) is 11.4. The second-order valence-electron chi connectivity index (χ2n) is 3.78. The van der Waals surface area contributed by atoms with Crippen LogP contribution in [0.1, 0.15) is 48.0 Å². The zero-order valence-electron chi connectivity index (χ0n) is 9.40. The van der Waals surface area contributed by atoms with Crippen molar-refractivity contribution in [1.82, 2.24) is 0 Å². The van der Waals surface area contributed by atoms with Crippen molar-refractivity contribution < 1.29 is 19.8 Å². The van der Waals surface area contributed by atoms with Gasteiger partial charge in [-0.1, -0.05) is 21.8 Å². The van der Waals surface area contributed by atoms with Crippen LogP contribution in [0.2, 0.25) is 0 Å². The molecule has 0 heterocycles. The van der Waals surface area contributed by atoms with Gasteiger partial charge >= 0.3 is 0 Å². The highest BCUT2D eigenvalue weighted by Crippen LogP contribution is 2.14. The molecular weight excluding hydrogens is 220 g/mol. The van der Waals surface area contributed by atoms with Gasteiger partial charge in [0.05, 0.1) is 19.1 Å². The number of rotatable bonds is 8. The number of hydrogen-bond acceptors (Lipinski definition) is 4. The van der Waals surface area contributed by atoms with Crippen molar-refractivity contribution in [2.75, 3.05) is 13.2 Å². The summed E-state index contributed by atoms with van der Waals surface area (Å²) in [5.74, 6) is -0.837. The first-order valence-electron chi connectivity index (χ1n) is 5.31. The first kappa shape index (κ1) is 21.5. The Hall–Kier alpha value is -0.740. The Balaban J connectivity index is -0.000000980. The summed E-state index contributed by atoms with van der Waals surface area (Å²) >= 11 is 0. The van der Waals surface area contributed by atoms with E-state index in [-0.39, 0.29) is 52.0 Å². The van der Waals surface area contributed by atoms with E-state index in [4.69, 9.17) is 10.2 Å². The van der Waals surface area contributed by atoms with Crippen LogP contribution in [0, 0.1) is 11.8 Å². The summed E-state index contributed by atoms with van der Waals surface area (Å²) in [6.07, 6.45) is 1.50. The standard InChI is InChI=1S/C11H20O4.2CH4/c1-3-9(8(2)14)4-5-11(15)10(6-12)7-13;;/h9-10,12-13H,3-7H2,1-2H3;2*1H4. The summed E-state index contributed by atoms with van der Waals surface area (Å²) in [4.78, 5) is 22.5. The predicted octanol–water partition coefficient (Wildman–Crippen LogP) is 1.82. The Bertz CT molecular complexity index is 209. The van der Waals surface area contributed by atoms with Gasteiger partial charge in [0, 0.05) is 12.3 Å². The van der Waals surface area contributed by atoms with Gasteiger partial charge in [-0.25, -0.2) is 0 Å². The van der Waals surface area contributed by atoms with Gasteiger partial charge < -0.3 is 10.2 Å². The number of aliphatic hydroxyl groups is 2. The Morgan fingerprint density at radius 1 is 1.06 bits per heavy atom. The number of ketones is 2. The second kappa shape index (κ2) is 11.7. The van der Waals surface area contributed by atoms with Crippen LogP contribution < -0.4 is 0 Å². The molecule has 17 heavy (non-hydrogen) atoms. The molecule has 1 unspecified atom stereocenters. The summed E-state index contributed by atoms with van der Waals surface area (Å²) in [7, 11) is 0. The minimum atomic E-state index is -0.686. The first-order valence-corrected chi connectivity index (χ1v) is 5.31. The molecule has 2 N–H and O–H groups in total. The number of Topliss-reactive ketones (excluding diaryl/α,β-unsaturated/α-hetero) is 2. The van der Waals surface area contributed by atoms with Gasteiger partial charge in [-0.3, -0.25) is 9.59 Å². The van der Waals surface area contributed by atoms with E-state index in [1.165, 1.54) is 6.92 Å². The molecule has 0 aromatic heterocycles. The van der Waals surface area contributed by atoms with E-state index in [1.54, 1.807) is 0 Å². The average molecular weight is 248 g/mol. The van der Waals surface area contributed by atoms with E-state index in [1.807, 2.05) is 6.92 Å². The molecule has 0 spiro atoms. The monoisotopic (exact) mass is 248 g/mol. The third-order valence-electron chi connectivity index (χ3n) is 2.70. The molecule has 104 valence electrons.